The van der Waals surface area contributed by atoms with Crippen molar-refractivity contribution in [1.82, 2.24) is 9.47 Å². The monoisotopic (exact) mass is 452 g/mol. The number of aliphatic hydroxyl groups is 1. The van der Waals surface area contributed by atoms with E-state index in [0.29, 0.717) is 35.1 Å². The fourth-order valence-corrected chi connectivity index (χ4v) is 3.84. The molecule has 2 heterocycles. The van der Waals surface area contributed by atoms with Crippen molar-refractivity contribution in [2.24, 2.45) is 0 Å². The van der Waals surface area contributed by atoms with Gasteiger partial charge in [-0.25, -0.2) is 4.79 Å². The fourth-order valence-electron chi connectivity index (χ4n) is 3.84. The zero-order valence-electron chi connectivity index (χ0n) is 18.2. The van der Waals surface area contributed by atoms with Crippen molar-refractivity contribution in [3.63, 3.8) is 0 Å². The van der Waals surface area contributed by atoms with Crippen LogP contribution in [0.4, 0.5) is 18.0 Å². The number of aromatic nitrogens is 1. The van der Waals surface area contributed by atoms with Crippen molar-refractivity contribution in [3.8, 4) is 11.1 Å². The molecule has 1 N–H and O–H groups in total. The molecule has 32 heavy (non-hydrogen) atoms. The lowest BCUT2D eigenvalue weighted by atomic mass is 9.97. The summed E-state index contributed by atoms with van der Waals surface area (Å²) < 4.78 is 43.7. The number of ether oxygens (including phenoxy) is 1. The number of benzene rings is 1. The number of amides is 1. The van der Waals surface area contributed by atoms with Crippen molar-refractivity contribution < 1.29 is 27.8 Å². The first-order chi connectivity index (χ1) is 14.8. The number of hydrogen-bond acceptors (Lipinski definition) is 4. The van der Waals surface area contributed by atoms with Crippen LogP contribution in [-0.2, 0) is 11.3 Å². The Labute approximate surface area is 184 Å². The van der Waals surface area contributed by atoms with E-state index in [1.54, 1.807) is 30.9 Å². The predicted molar refractivity (Wildman–Crippen MR) is 113 cm³/mol. The molecule has 0 saturated carbocycles. The summed E-state index contributed by atoms with van der Waals surface area (Å²) in [5, 5.41) is 9.94. The highest BCUT2D eigenvalue weighted by atomic mass is 19.4. The van der Waals surface area contributed by atoms with Gasteiger partial charge in [0.2, 0.25) is 0 Å². The highest BCUT2D eigenvalue weighted by Crippen LogP contribution is 2.29. The van der Waals surface area contributed by atoms with E-state index < -0.39 is 30.0 Å². The molecule has 1 fully saturated rings. The number of rotatable bonds is 6. The molecule has 0 spiro atoms. The minimum absolute atomic E-state index is 0.251. The smallest absolute Gasteiger partial charge is 0.410 e. The number of hydrogen-bond donors (Lipinski definition) is 1. The Morgan fingerprint density at radius 2 is 1.78 bits per heavy atom. The van der Waals surface area contributed by atoms with Gasteiger partial charge in [-0.1, -0.05) is 24.3 Å². The Balaban J connectivity index is 1.69. The van der Waals surface area contributed by atoms with Gasteiger partial charge in [-0.3, -0.25) is 4.79 Å². The number of pyridine rings is 1. The van der Waals surface area contributed by atoms with Gasteiger partial charge in [0, 0.05) is 31.6 Å². The number of carbonyl (C=O) groups excluding carboxylic acids is 1. The lowest BCUT2D eigenvalue weighted by Crippen LogP contribution is -2.45. The third kappa shape index (κ3) is 6.12. The summed E-state index contributed by atoms with van der Waals surface area (Å²) in [5.41, 5.74) is 0.413. The topological polar surface area (TPSA) is 71.8 Å². The summed E-state index contributed by atoms with van der Waals surface area (Å²) in [5.74, 6) is 0. The molecule has 6 nitrogen and oxygen atoms in total. The summed E-state index contributed by atoms with van der Waals surface area (Å²) >= 11 is 0. The molecule has 3 rings (SSSR count). The molecule has 174 valence electrons. The van der Waals surface area contributed by atoms with Crippen LogP contribution in [0, 0.1) is 0 Å². The van der Waals surface area contributed by atoms with Crippen LogP contribution < -0.4 is 5.56 Å². The quantitative estimate of drug-likeness (QED) is 0.700. The van der Waals surface area contributed by atoms with E-state index in [4.69, 9.17) is 4.74 Å². The lowest BCUT2D eigenvalue weighted by molar-refractivity contribution is -0.141. The van der Waals surface area contributed by atoms with Crippen molar-refractivity contribution in [2.45, 2.75) is 64.1 Å². The molecular weight excluding hydrogens is 425 g/mol. The van der Waals surface area contributed by atoms with E-state index >= 15 is 0 Å². The Morgan fingerprint density at radius 3 is 2.31 bits per heavy atom. The van der Waals surface area contributed by atoms with Gasteiger partial charge >= 0.3 is 12.3 Å². The van der Waals surface area contributed by atoms with E-state index in [9.17, 15) is 27.9 Å². The summed E-state index contributed by atoms with van der Waals surface area (Å²) in [6, 6.07) is 9.56. The normalized spacial score (nSPS) is 18.4. The average molecular weight is 452 g/mol. The maximum atomic E-state index is 12.5. The van der Waals surface area contributed by atoms with Gasteiger partial charge < -0.3 is 19.3 Å². The zero-order valence-corrected chi connectivity index (χ0v) is 18.2. The molecule has 1 aliphatic rings. The number of alkyl halides is 3. The summed E-state index contributed by atoms with van der Waals surface area (Å²) in [4.78, 5) is 26.1. The van der Waals surface area contributed by atoms with Gasteiger partial charge in [-0.15, -0.1) is 0 Å². The molecule has 2 atom stereocenters. The van der Waals surface area contributed by atoms with Crippen LogP contribution in [0.3, 0.4) is 0 Å². The van der Waals surface area contributed by atoms with Crippen LogP contribution in [0.1, 0.15) is 45.2 Å². The standard InChI is InChI=1S/C23H27F3N2O4/c1-15(28-11-9-19(32-21(28)30)13-22(2,3)31)16-4-6-17(7-5-16)18-8-10-27(20(29)12-18)14-23(24,25)26/h4-8,10,12,15,19,31H,9,11,13-14H2,1-3H3. The first kappa shape index (κ1) is 23.8. The Kier molecular flexibility index (Phi) is 6.69. The minimum Gasteiger partial charge on any atom is -0.446 e. The van der Waals surface area contributed by atoms with E-state index in [-0.39, 0.29) is 12.1 Å². The highest BCUT2D eigenvalue weighted by Gasteiger charge is 2.33. The second-order valence-corrected chi connectivity index (χ2v) is 8.80. The van der Waals surface area contributed by atoms with Crippen LogP contribution in [0.15, 0.2) is 47.4 Å². The zero-order chi connectivity index (χ0) is 23.7. The third-order valence-corrected chi connectivity index (χ3v) is 5.46. The Bertz CT molecular complexity index is 1010. The van der Waals surface area contributed by atoms with Crippen LogP contribution in [0.25, 0.3) is 11.1 Å². The number of cyclic esters (lactones) is 1. The first-order valence-electron chi connectivity index (χ1n) is 10.4. The van der Waals surface area contributed by atoms with Crippen molar-refractivity contribution >= 4 is 6.09 Å². The lowest BCUT2D eigenvalue weighted by Gasteiger charge is -2.37. The molecule has 1 amide bonds. The molecule has 1 saturated heterocycles. The molecule has 2 aromatic rings. The largest absolute Gasteiger partial charge is 0.446 e. The number of nitrogens with zero attached hydrogens (tertiary/aromatic N) is 2. The predicted octanol–water partition coefficient (Wildman–Crippen LogP) is 4.51. The molecule has 1 aliphatic heterocycles. The van der Waals surface area contributed by atoms with Crippen LogP contribution in [-0.4, -0.2) is 45.1 Å². The van der Waals surface area contributed by atoms with Crippen LogP contribution >= 0.6 is 0 Å². The van der Waals surface area contributed by atoms with Gasteiger partial charge in [-0.2, -0.15) is 13.2 Å². The van der Waals surface area contributed by atoms with Gasteiger partial charge in [0.25, 0.3) is 5.56 Å². The summed E-state index contributed by atoms with van der Waals surface area (Å²) in [6.45, 7) is 4.40. The van der Waals surface area contributed by atoms with E-state index in [1.165, 1.54) is 12.1 Å². The average Bonchev–Trinajstić information content (AvgIpc) is 2.67. The highest BCUT2D eigenvalue weighted by molar-refractivity contribution is 5.69. The summed E-state index contributed by atoms with van der Waals surface area (Å²) in [6.07, 6.45) is -3.10. The molecular formula is C23H27F3N2O4. The first-order valence-corrected chi connectivity index (χ1v) is 10.4. The van der Waals surface area contributed by atoms with Gasteiger partial charge in [-0.05, 0) is 43.5 Å². The SMILES string of the molecule is CC(c1ccc(-c2ccn(CC(F)(F)F)c(=O)c2)cc1)N1CCC(CC(C)(C)O)OC1=O. The van der Waals surface area contributed by atoms with Crippen LogP contribution in [0.5, 0.6) is 0 Å². The maximum absolute atomic E-state index is 12.5. The minimum atomic E-state index is -4.47. The van der Waals surface area contributed by atoms with Crippen molar-refractivity contribution in [2.75, 3.05) is 6.54 Å². The van der Waals surface area contributed by atoms with Gasteiger partial charge in [0.05, 0.1) is 11.6 Å². The second kappa shape index (κ2) is 8.97. The van der Waals surface area contributed by atoms with E-state index in [2.05, 4.69) is 0 Å². The maximum Gasteiger partial charge on any atom is 0.410 e. The molecule has 0 radical (unpaired) electrons. The van der Waals surface area contributed by atoms with Gasteiger partial charge in [0.1, 0.15) is 12.6 Å². The third-order valence-electron chi connectivity index (χ3n) is 5.46. The van der Waals surface area contributed by atoms with Gasteiger partial charge in [0.15, 0.2) is 0 Å². The fraction of sp³-hybridized carbons (Fsp3) is 0.478. The Hall–Kier alpha value is -2.81. The van der Waals surface area contributed by atoms with Crippen LogP contribution in [0.2, 0.25) is 0 Å². The molecule has 0 aliphatic carbocycles. The summed E-state index contributed by atoms with van der Waals surface area (Å²) in [7, 11) is 0. The van der Waals surface area contributed by atoms with Crippen molar-refractivity contribution in [3.05, 3.63) is 58.5 Å². The number of halogens is 3. The number of carbonyl (C=O) groups is 1. The van der Waals surface area contributed by atoms with E-state index in [1.807, 2.05) is 19.1 Å². The second-order valence-electron chi connectivity index (χ2n) is 8.80. The molecule has 0 bridgehead atoms. The molecule has 1 aromatic heterocycles. The van der Waals surface area contributed by atoms with Crippen molar-refractivity contribution in [1.29, 1.82) is 0 Å². The molecule has 2 unspecified atom stereocenters. The van der Waals surface area contributed by atoms with E-state index in [0.717, 1.165) is 11.8 Å². The Morgan fingerprint density at radius 1 is 1.12 bits per heavy atom. The molecule has 9 heteroatoms. The molecule has 1 aromatic carbocycles.